The summed E-state index contributed by atoms with van der Waals surface area (Å²) in [5, 5.41) is 8.48. The molecular formula is C13H25NO2S2. The van der Waals surface area contributed by atoms with Gasteiger partial charge in [-0.1, -0.05) is 50.7 Å². The Kier molecular flexibility index (Phi) is 11.6. The fraction of sp³-hybridized carbons (Fsp3) is 0.846. The Bertz CT molecular complexity index is 247. The molecule has 0 aromatic heterocycles. The van der Waals surface area contributed by atoms with Crippen LogP contribution in [0.1, 0.15) is 57.8 Å². The van der Waals surface area contributed by atoms with Crippen LogP contribution in [0, 0.1) is 0 Å². The third-order valence-corrected chi connectivity index (χ3v) is 3.61. The van der Waals surface area contributed by atoms with E-state index in [9.17, 15) is 4.79 Å². The van der Waals surface area contributed by atoms with Crippen LogP contribution in [0.2, 0.25) is 0 Å². The van der Waals surface area contributed by atoms with Gasteiger partial charge >= 0.3 is 5.97 Å². The van der Waals surface area contributed by atoms with E-state index in [1.807, 2.05) is 11.9 Å². The number of unbranched alkanes of at least 4 members (excludes halogenated alkanes) is 7. The van der Waals surface area contributed by atoms with Gasteiger partial charge in [-0.25, -0.2) is 0 Å². The quantitative estimate of drug-likeness (QED) is 0.346. The molecular weight excluding hydrogens is 266 g/mol. The second-order valence-corrected chi connectivity index (χ2v) is 5.79. The van der Waals surface area contributed by atoms with E-state index in [0.29, 0.717) is 10.7 Å². The van der Waals surface area contributed by atoms with Crippen LogP contribution in [0.25, 0.3) is 0 Å². The number of carboxylic acids is 1. The number of carboxylic acid groups (broad SMARTS) is 1. The molecule has 0 amide bonds. The Morgan fingerprint density at radius 1 is 1.06 bits per heavy atom. The first kappa shape index (κ1) is 17.7. The van der Waals surface area contributed by atoms with E-state index in [4.69, 9.17) is 17.3 Å². The molecule has 0 aliphatic rings. The van der Waals surface area contributed by atoms with Crippen molar-refractivity contribution in [3.63, 3.8) is 0 Å². The fourth-order valence-corrected chi connectivity index (χ4v) is 1.97. The zero-order valence-electron chi connectivity index (χ0n) is 11.2. The van der Waals surface area contributed by atoms with Crippen LogP contribution in [-0.2, 0) is 4.79 Å². The smallest absolute Gasteiger partial charge is 0.303 e. The van der Waals surface area contributed by atoms with Gasteiger partial charge in [0.05, 0.1) is 0 Å². The molecule has 1 N–H and O–H groups in total. The summed E-state index contributed by atoms with van der Waals surface area (Å²) in [6.45, 7) is 0.987. The molecule has 0 atom stereocenters. The summed E-state index contributed by atoms with van der Waals surface area (Å²) in [7, 11) is 1.97. The SMILES string of the molecule is CN(CCCCCCCCCCC(=O)O)C(=S)S. The molecule has 0 aromatic carbocycles. The van der Waals surface area contributed by atoms with Crippen LogP contribution in [0.4, 0.5) is 0 Å². The summed E-state index contributed by atoms with van der Waals surface area (Å²) in [6.07, 6.45) is 9.47. The molecule has 0 radical (unpaired) electrons. The van der Waals surface area contributed by atoms with Crippen LogP contribution in [-0.4, -0.2) is 33.9 Å². The average Bonchev–Trinajstić information content (AvgIpc) is 2.30. The summed E-state index contributed by atoms with van der Waals surface area (Å²) >= 11 is 9.06. The van der Waals surface area contributed by atoms with Gasteiger partial charge in [0.2, 0.25) is 0 Å². The maximum Gasteiger partial charge on any atom is 0.303 e. The molecule has 0 unspecified atom stereocenters. The molecule has 5 heteroatoms. The number of rotatable bonds is 11. The molecule has 0 bridgehead atoms. The van der Waals surface area contributed by atoms with Crippen molar-refractivity contribution in [3.05, 3.63) is 0 Å². The van der Waals surface area contributed by atoms with Crippen molar-refractivity contribution in [1.82, 2.24) is 4.90 Å². The molecule has 0 aliphatic heterocycles. The van der Waals surface area contributed by atoms with E-state index < -0.39 is 5.97 Å². The van der Waals surface area contributed by atoms with Gasteiger partial charge in [-0.05, 0) is 12.8 Å². The number of nitrogens with zero attached hydrogens (tertiary/aromatic N) is 1. The maximum atomic E-state index is 10.3. The Labute approximate surface area is 121 Å². The highest BCUT2D eigenvalue weighted by molar-refractivity contribution is 8.10. The summed E-state index contributed by atoms with van der Waals surface area (Å²) in [4.78, 5) is 12.3. The minimum Gasteiger partial charge on any atom is -0.481 e. The van der Waals surface area contributed by atoms with Crippen molar-refractivity contribution in [2.75, 3.05) is 13.6 Å². The molecule has 0 aromatic rings. The van der Waals surface area contributed by atoms with Crippen molar-refractivity contribution >= 4 is 35.1 Å². The van der Waals surface area contributed by atoms with E-state index in [-0.39, 0.29) is 0 Å². The Morgan fingerprint density at radius 2 is 1.50 bits per heavy atom. The standard InChI is InChI=1S/C13H25NO2S2/c1-14(13(17)18)11-9-7-5-3-2-4-6-8-10-12(15)16/h2-11H2,1H3,(H,15,16)(H,17,18). The lowest BCUT2D eigenvalue weighted by Gasteiger charge is -2.15. The normalized spacial score (nSPS) is 10.3. The first-order chi connectivity index (χ1) is 8.54. The number of carbonyl (C=O) groups is 1. The fourth-order valence-electron chi connectivity index (χ4n) is 1.78. The van der Waals surface area contributed by atoms with Crippen LogP contribution >= 0.6 is 24.8 Å². The number of aliphatic carboxylic acids is 1. The number of thiol groups is 1. The van der Waals surface area contributed by atoms with Crippen LogP contribution in [0.15, 0.2) is 0 Å². The molecule has 0 aliphatic carbocycles. The molecule has 18 heavy (non-hydrogen) atoms. The molecule has 0 fully saturated rings. The highest BCUT2D eigenvalue weighted by Gasteiger charge is 1.99. The molecule has 0 rings (SSSR count). The van der Waals surface area contributed by atoms with Crippen molar-refractivity contribution in [3.8, 4) is 0 Å². The minimum absolute atomic E-state index is 0.315. The molecule has 0 spiro atoms. The van der Waals surface area contributed by atoms with Gasteiger partial charge in [-0.15, -0.1) is 12.6 Å². The number of thiocarbonyl (C=S) groups is 1. The summed E-state index contributed by atoms with van der Waals surface area (Å²) in [6, 6.07) is 0. The number of hydrogen-bond acceptors (Lipinski definition) is 2. The predicted octanol–water partition coefficient (Wildman–Crippen LogP) is 3.73. The second-order valence-electron chi connectivity index (χ2n) is 4.68. The van der Waals surface area contributed by atoms with E-state index in [1.165, 1.54) is 25.7 Å². The van der Waals surface area contributed by atoms with E-state index in [1.54, 1.807) is 0 Å². The third kappa shape index (κ3) is 12.2. The number of hydrogen-bond donors (Lipinski definition) is 2. The Balaban J connectivity index is 3.12. The lowest BCUT2D eigenvalue weighted by molar-refractivity contribution is -0.137. The average molecular weight is 291 g/mol. The van der Waals surface area contributed by atoms with Gasteiger partial charge in [0, 0.05) is 20.0 Å². The van der Waals surface area contributed by atoms with Crippen molar-refractivity contribution in [1.29, 1.82) is 0 Å². The lowest BCUT2D eigenvalue weighted by Crippen LogP contribution is -2.21. The van der Waals surface area contributed by atoms with E-state index in [0.717, 1.165) is 32.2 Å². The van der Waals surface area contributed by atoms with Crippen LogP contribution < -0.4 is 0 Å². The molecule has 106 valence electrons. The summed E-state index contributed by atoms with van der Waals surface area (Å²) in [5.41, 5.74) is 0. The minimum atomic E-state index is -0.679. The summed E-state index contributed by atoms with van der Waals surface area (Å²) < 4.78 is 0.661. The van der Waals surface area contributed by atoms with Gasteiger partial charge in [0.1, 0.15) is 4.32 Å². The molecule has 0 saturated heterocycles. The first-order valence-electron chi connectivity index (χ1n) is 6.70. The Hall–Kier alpha value is -0.290. The maximum absolute atomic E-state index is 10.3. The lowest BCUT2D eigenvalue weighted by atomic mass is 10.1. The van der Waals surface area contributed by atoms with Crippen LogP contribution in [0.3, 0.4) is 0 Å². The second kappa shape index (κ2) is 11.8. The molecule has 3 nitrogen and oxygen atoms in total. The largest absolute Gasteiger partial charge is 0.481 e. The highest BCUT2D eigenvalue weighted by Crippen LogP contribution is 2.10. The van der Waals surface area contributed by atoms with Crippen molar-refractivity contribution in [2.24, 2.45) is 0 Å². The van der Waals surface area contributed by atoms with Gasteiger partial charge in [-0.2, -0.15) is 0 Å². The first-order valence-corrected chi connectivity index (χ1v) is 7.55. The van der Waals surface area contributed by atoms with Gasteiger partial charge in [-0.3, -0.25) is 4.79 Å². The van der Waals surface area contributed by atoms with E-state index >= 15 is 0 Å². The van der Waals surface area contributed by atoms with Gasteiger partial charge in [0.15, 0.2) is 0 Å². The third-order valence-electron chi connectivity index (χ3n) is 2.96. The van der Waals surface area contributed by atoms with Crippen LogP contribution in [0.5, 0.6) is 0 Å². The highest BCUT2D eigenvalue weighted by atomic mass is 32.1. The zero-order valence-corrected chi connectivity index (χ0v) is 12.9. The predicted molar refractivity (Wildman–Crippen MR) is 83.4 cm³/mol. The van der Waals surface area contributed by atoms with E-state index in [2.05, 4.69) is 12.6 Å². The van der Waals surface area contributed by atoms with Crippen molar-refractivity contribution < 1.29 is 9.90 Å². The molecule has 0 saturated carbocycles. The topological polar surface area (TPSA) is 40.5 Å². The van der Waals surface area contributed by atoms with Crippen molar-refractivity contribution in [2.45, 2.75) is 57.8 Å². The van der Waals surface area contributed by atoms with Gasteiger partial charge < -0.3 is 10.0 Å². The summed E-state index contributed by atoms with van der Waals surface area (Å²) in [5.74, 6) is -0.679. The monoisotopic (exact) mass is 291 g/mol. The molecule has 0 heterocycles. The Morgan fingerprint density at radius 3 is 1.94 bits per heavy atom. The van der Waals surface area contributed by atoms with Gasteiger partial charge in [0.25, 0.3) is 0 Å². The zero-order chi connectivity index (χ0) is 13.8.